The summed E-state index contributed by atoms with van der Waals surface area (Å²) in [5.74, 6) is 0.524. The Hall–Kier alpha value is -4.98. The molecule has 0 spiro atoms. The number of carbonyl (C=O) groups excluding carboxylic acids is 4. The lowest BCUT2D eigenvalue weighted by atomic mass is 9.81. The quantitative estimate of drug-likeness (QED) is 0.220. The number of ketones is 4. The van der Waals surface area contributed by atoms with Gasteiger partial charge in [0, 0.05) is 64.1 Å². The third-order valence-corrected chi connectivity index (χ3v) is 9.58. The van der Waals surface area contributed by atoms with E-state index in [1.165, 1.54) is 0 Å². The molecule has 0 radical (unpaired) electrons. The van der Waals surface area contributed by atoms with Gasteiger partial charge in [0.2, 0.25) is 0 Å². The normalized spacial score (nSPS) is 16.5. The van der Waals surface area contributed by atoms with Crippen LogP contribution in [0.1, 0.15) is 58.8 Å². The molecule has 2 heterocycles. The van der Waals surface area contributed by atoms with Crippen LogP contribution in [0.25, 0.3) is 22.1 Å². The van der Waals surface area contributed by atoms with Gasteiger partial charge in [-0.3, -0.25) is 19.2 Å². The summed E-state index contributed by atoms with van der Waals surface area (Å²) in [5, 5.41) is 0. The zero-order valence-corrected chi connectivity index (χ0v) is 26.6. The van der Waals surface area contributed by atoms with Gasteiger partial charge in [0.15, 0.2) is 23.1 Å². The van der Waals surface area contributed by atoms with Crippen LogP contribution in [0.4, 0.5) is 0 Å². The van der Waals surface area contributed by atoms with Crippen molar-refractivity contribution in [1.82, 2.24) is 19.1 Å². The average molecular weight is 601 g/mol. The van der Waals surface area contributed by atoms with Crippen LogP contribution in [0, 0.1) is 6.92 Å². The number of allylic oxidation sites excluding steroid dienone is 8. The third kappa shape index (κ3) is 5.04. The molecule has 4 aromatic rings. The molecule has 0 amide bonds. The molecule has 2 aromatic carbocycles. The smallest absolute Gasteiger partial charge is 0.186 e. The largest absolute Gasteiger partial charge is 0.330 e. The Kier molecular flexibility index (Phi) is 7.69. The maximum absolute atomic E-state index is 14.0. The van der Waals surface area contributed by atoms with Gasteiger partial charge in [-0.15, -0.1) is 0 Å². The van der Waals surface area contributed by atoms with Gasteiger partial charge >= 0.3 is 0 Å². The number of Topliss-reactive ketones (excluding diaryl/α,β-unsaturated/α-hetero) is 4. The van der Waals surface area contributed by atoms with Crippen molar-refractivity contribution < 1.29 is 19.2 Å². The first-order chi connectivity index (χ1) is 21.5. The molecule has 0 N–H and O–H groups in total. The van der Waals surface area contributed by atoms with E-state index in [2.05, 4.69) is 14.5 Å². The SMILES string of the molecule is CC1=C(C)C(=O)C(CCn2cnc3c(CC4=C(C)C(=O)C(C)=C(CCn5c(C)nc6ccccc65)C4=O)cccc32)=C(C)C1=O. The molecular weight excluding hydrogens is 564 g/mol. The molecule has 0 aliphatic heterocycles. The number of rotatable bonds is 8. The van der Waals surface area contributed by atoms with Gasteiger partial charge in [0.25, 0.3) is 0 Å². The summed E-state index contributed by atoms with van der Waals surface area (Å²) in [6, 6.07) is 13.7. The summed E-state index contributed by atoms with van der Waals surface area (Å²) in [4.78, 5) is 62.3. The molecule has 0 atom stereocenters. The van der Waals surface area contributed by atoms with Crippen LogP contribution >= 0.6 is 0 Å². The van der Waals surface area contributed by atoms with Crippen LogP contribution < -0.4 is 0 Å². The molecule has 2 aromatic heterocycles. The zero-order chi connectivity index (χ0) is 32.2. The van der Waals surface area contributed by atoms with Crippen LogP contribution in [-0.2, 0) is 38.7 Å². The van der Waals surface area contributed by atoms with Crippen molar-refractivity contribution in [2.75, 3.05) is 0 Å². The van der Waals surface area contributed by atoms with Gasteiger partial charge < -0.3 is 9.13 Å². The lowest BCUT2D eigenvalue weighted by Crippen LogP contribution is -2.24. The van der Waals surface area contributed by atoms with E-state index in [1.54, 1.807) is 40.9 Å². The van der Waals surface area contributed by atoms with Crippen molar-refractivity contribution in [3.63, 3.8) is 0 Å². The molecule has 6 rings (SSSR count). The second-order valence-corrected chi connectivity index (χ2v) is 12.1. The Morgan fingerprint density at radius 2 is 1.20 bits per heavy atom. The molecule has 0 saturated heterocycles. The predicted octanol–water partition coefficient (Wildman–Crippen LogP) is 6.31. The number of fused-ring (bicyclic) bond motifs is 2. The molecule has 0 bridgehead atoms. The Bertz CT molecular complexity index is 2110. The molecule has 2 aliphatic rings. The first-order valence-electron chi connectivity index (χ1n) is 15.3. The fourth-order valence-electron chi connectivity index (χ4n) is 6.64. The molecule has 2 aliphatic carbocycles. The highest BCUT2D eigenvalue weighted by molar-refractivity contribution is 6.25. The topological polar surface area (TPSA) is 104 Å². The fraction of sp³-hybridized carbons (Fsp3) is 0.297. The van der Waals surface area contributed by atoms with E-state index in [1.807, 2.05) is 54.0 Å². The predicted molar refractivity (Wildman–Crippen MR) is 174 cm³/mol. The second kappa shape index (κ2) is 11.5. The number of aromatic nitrogens is 4. The van der Waals surface area contributed by atoms with Crippen LogP contribution in [-0.4, -0.2) is 42.2 Å². The second-order valence-electron chi connectivity index (χ2n) is 12.1. The van der Waals surface area contributed by atoms with Crippen LogP contribution in [0.5, 0.6) is 0 Å². The van der Waals surface area contributed by atoms with E-state index in [0.717, 1.165) is 33.5 Å². The monoisotopic (exact) mass is 600 g/mol. The number of carbonyl (C=O) groups is 4. The van der Waals surface area contributed by atoms with E-state index < -0.39 is 0 Å². The summed E-state index contributed by atoms with van der Waals surface area (Å²) in [5.41, 5.74) is 8.47. The van der Waals surface area contributed by atoms with Gasteiger partial charge in [-0.25, -0.2) is 9.97 Å². The molecule has 0 saturated carbocycles. The number of aryl methyl sites for hydroxylation is 3. The molecule has 8 nitrogen and oxygen atoms in total. The number of hydrogen-bond acceptors (Lipinski definition) is 6. The lowest BCUT2D eigenvalue weighted by Gasteiger charge is -2.21. The van der Waals surface area contributed by atoms with Crippen molar-refractivity contribution in [3.8, 4) is 0 Å². The minimum atomic E-state index is -0.0977. The number of benzene rings is 2. The Morgan fingerprint density at radius 3 is 1.96 bits per heavy atom. The fourth-order valence-corrected chi connectivity index (χ4v) is 6.64. The highest BCUT2D eigenvalue weighted by atomic mass is 16.1. The standard InChI is InChI=1S/C37H36N4O4/c1-20-21(2)36(44)27(22(3)34(20)42)14-16-40-19-38-33-26(10-9-13-32(33)40)18-29-24(5)35(43)23(4)28(37(29)45)15-17-41-25(6)39-30-11-7-8-12-31(30)41/h7-13,19H,14-18H2,1-6H3. The first kappa shape index (κ1) is 30.1. The maximum atomic E-state index is 14.0. The molecule has 0 fully saturated rings. The van der Waals surface area contributed by atoms with Crippen molar-refractivity contribution >= 4 is 45.2 Å². The maximum Gasteiger partial charge on any atom is 0.186 e. The van der Waals surface area contributed by atoms with E-state index in [4.69, 9.17) is 0 Å². The molecular formula is C37H36N4O4. The lowest BCUT2D eigenvalue weighted by molar-refractivity contribution is -0.116. The summed E-state index contributed by atoms with van der Waals surface area (Å²) < 4.78 is 4.07. The highest BCUT2D eigenvalue weighted by Crippen LogP contribution is 2.32. The van der Waals surface area contributed by atoms with Crippen molar-refractivity contribution in [1.29, 1.82) is 0 Å². The molecule has 228 valence electrons. The van der Waals surface area contributed by atoms with Gasteiger partial charge in [0.1, 0.15) is 5.82 Å². The van der Waals surface area contributed by atoms with Crippen molar-refractivity contribution in [3.05, 3.63) is 105 Å². The number of imidazole rings is 2. The number of nitrogens with zero attached hydrogens (tertiary/aromatic N) is 4. The van der Waals surface area contributed by atoms with Crippen LogP contribution in [0.15, 0.2) is 93.4 Å². The summed E-state index contributed by atoms with van der Waals surface area (Å²) in [6.07, 6.45) is 2.86. The van der Waals surface area contributed by atoms with Crippen LogP contribution in [0.2, 0.25) is 0 Å². The van der Waals surface area contributed by atoms with Crippen molar-refractivity contribution in [2.24, 2.45) is 0 Å². The van der Waals surface area contributed by atoms with Gasteiger partial charge in [-0.05, 0) is 78.1 Å². The van der Waals surface area contributed by atoms with E-state index in [-0.39, 0.29) is 29.6 Å². The van der Waals surface area contributed by atoms with Gasteiger partial charge in [-0.1, -0.05) is 24.3 Å². The summed E-state index contributed by atoms with van der Waals surface area (Å²) >= 11 is 0. The minimum Gasteiger partial charge on any atom is -0.330 e. The van der Waals surface area contributed by atoms with Gasteiger partial charge in [-0.2, -0.15) is 0 Å². The highest BCUT2D eigenvalue weighted by Gasteiger charge is 2.31. The van der Waals surface area contributed by atoms with E-state index >= 15 is 0 Å². The molecule has 8 heteroatoms. The Labute approximate surface area is 261 Å². The van der Waals surface area contributed by atoms with E-state index in [9.17, 15) is 19.2 Å². The average Bonchev–Trinajstić information content (AvgIpc) is 3.60. The van der Waals surface area contributed by atoms with Crippen LogP contribution in [0.3, 0.4) is 0 Å². The van der Waals surface area contributed by atoms with Gasteiger partial charge in [0.05, 0.1) is 28.4 Å². The Morgan fingerprint density at radius 1 is 0.600 bits per heavy atom. The van der Waals surface area contributed by atoms with E-state index in [0.29, 0.717) is 70.5 Å². The first-order valence-corrected chi connectivity index (χ1v) is 15.3. The van der Waals surface area contributed by atoms with Crippen molar-refractivity contribution in [2.45, 2.75) is 73.9 Å². The Balaban J connectivity index is 1.24. The molecule has 45 heavy (non-hydrogen) atoms. The summed E-state index contributed by atoms with van der Waals surface area (Å²) in [7, 11) is 0. The zero-order valence-electron chi connectivity index (χ0n) is 26.6. The minimum absolute atomic E-state index is 0.0758. The number of hydrogen-bond donors (Lipinski definition) is 0. The number of para-hydroxylation sites is 3. The third-order valence-electron chi connectivity index (χ3n) is 9.58. The molecule has 0 unspecified atom stereocenters. The summed E-state index contributed by atoms with van der Waals surface area (Å²) in [6.45, 7) is 11.6.